The zero-order valence-electron chi connectivity index (χ0n) is 12.5. The Hall–Kier alpha value is 0. The summed E-state index contributed by atoms with van der Waals surface area (Å²) < 4.78 is 0. The molecule has 100 valence electrons. The third-order valence-electron chi connectivity index (χ3n) is 3.00. The fourth-order valence-corrected chi connectivity index (χ4v) is 0.500. The van der Waals surface area contributed by atoms with Crippen LogP contribution in [0.3, 0.4) is 0 Å². The summed E-state index contributed by atoms with van der Waals surface area (Å²) in [5, 5.41) is 0. The average molecular weight is 228 g/mol. The van der Waals surface area contributed by atoms with E-state index in [1.54, 1.807) is 0 Å². The lowest BCUT2D eigenvalue weighted by atomic mass is 10.0. The minimum Gasteiger partial charge on any atom is -0.0654 e. The van der Waals surface area contributed by atoms with Crippen molar-refractivity contribution in [3.05, 3.63) is 0 Å². The van der Waals surface area contributed by atoms with E-state index in [0.717, 1.165) is 0 Å². The summed E-state index contributed by atoms with van der Waals surface area (Å²) >= 11 is 0. The first-order valence-corrected chi connectivity index (χ1v) is 7.83. The van der Waals surface area contributed by atoms with E-state index in [1.807, 2.05) is 0 Å². The van der Waals surface area contributed by atoms with Crippen molar-refractivity contribution in [1.29, 1.82) is 0 Å². The number of rotatable bonds is 2. The second kappa shape index (κ2) is 20.4. The largest absolute Gasteiger partial charge is 0.0654 e. The summed E-state index contributed by atoms with van der Waals surface area (Å²) in [6.45, 7) is 8.72. The Morgan fingerprint density at radius 2 is 0.500 bits per heavy atom. The van der Waals surface area contributed by atoms with E-state index in [1.165, 1.54) is 77.0 Å². The summed E-state index contributed by atoms with van der Waals surface area (Å²) in [6, 6.07) is 0. The summed E-state index contributed by atoms with van der Waals surface area (Å²) in [4.78, 5) is 0. The van der Waals surface area contributed by atoms with Crippen LogP contribution in [0.4, 0.5) is 0 Å². The molecule has 0 aromatic rings. The van der Waals surface area contributed by atoms with Crippen LogP contribution in [0.2, 0.25) is 0 Å². The Morgan fingerprint density at radius 1 is 0.375 bits per heavy atom. The second-order valence-electron chi connectivity index (χ2n) is 4.83. The standard InChI is InChI=1S/2C4H8.2C4H10/c2*1-2-4-3-1;2*1-3-4-2/h2*1-4H2;2*3-4H2,1-2H3. The molecule has 0 aromatic heterocycles. The molecule has 0 heteroatoms. The third kappa shape index (κ3) is 23.7. The SMILES string of the molecule is C1CCC1.C1CCC1.CCCC.CCCC. The molecule has 2 fully saturated rings. The smallest absolute Gasteiger partial charge is 0.0533 e. The molecule has 0 bridgehead atoms. The van der Waals surface area contributed by atoms with Crippen LogP contribution in [-0.2, 0) is 0 Å². The topological polar surface area (TPSA) is 0 Å². The maximum Gasteiger partial charge on any atom is -0.0533 e. The van der Waals surface area contributed by atoms with E-state index in [-0.39, 0.29) is 0 Å². The van der Waals surface area contributed by atoms with Crippen LogP contribution < -0.4 is 0 Å². The van der Waals surface area contributed by atoms with E-state index in [4.69, 9.17) is 0 Å². The number of unbranched alkanes of at least 4 members (excludes halogenated alkanes) is 2. The van der Waals surface area contributed by atoms with E-state index in [2.05, 4.69) is 27.7 Å². The maximum atomic E-state index is 2.18. The lowest BCUT2D eigenvalue weighted by molar-refractivity contribution is 0.504. The molecule has 0 atom stereocenters. The van der Waals surface area contributed by atoms with E-state index < -0.39 is 0 Å². The molecule has 2 rings (SSSR count). The summed E-state index contributed by atoms with van der Waals surface area (Å²) in [6.07, 6.45) is 17.3. The van der Waals surface area contributed by atoms with Gasteiger partial charge in [-0.3, -0.25) is 0 Å². The van der Waals surface area contributed by atoms with Crippen molar-refractivity contribution in [1.82, 2.24) is 0 Å². The average Bonchev–Trinajstić information content (AvgIpc) is 2.12. The molecule has 0 heterocycles. The van der Waals surface area contributed by atoms with Gasteiger partial charge in [-0.2, -0.15) is 0 Å². The van der Waals surface area contributed by atoms with Gasteiger partial charge in [0.05, 0.1) is 0 Å². The molecular weight excluding hydrogens is 192 g/mol. The van der Waals surface area contributed by atoms with Crippen molar-refractivity contribution in [2.75, 3.05) is 0 Å². The molecule has 0 N–H and O–H groups in total. The van der Waals surface area contributed by atoms with E-state index >= 15 is 0 Å². The van der Waals surface area contributed by atoms with Gasteiger partial charge in [0.15, 0.2) is 0 Å². The lowest BCUT2D eigenvalue weighted by Crippen LogP contribution is -1.85. The Labute approximate surface area is 105 Å². The highest BCUT2D eigenvalue weighted by atomic mass is 14.0. The zero-order chi connectivity index (χ0) is 12.5. The molecule has 2 aliphatic carbocycles. The van der Waals surface area contributed by atoms with Gasteiger partial charge in [-0.1, -0.05) is 105 Å². The molecule has 0 saturated heterocycles. The molecule has 0 aliphatic heterocycles. The Bertz CT molecular complexity index is 54.0. The normalized spacial score (nSPS) is 15.8. The highest BCUT2D eigenvalue weighted by Gasteiger charge is 1.95. The van der Waals surface area contributed by atoms with Crippen LogP contribution in [0.15, 0.2) is 0 Å². The highest BCUT2D eigenvalue weighted by molar-refractivity contribution is 4.51. The van der Waals surface area contributed by atoms with Crippen molar-refractivity contribution in [2.24, 2.45) is 0 Å². The molecular formula is C16H36. The molecule has 16 heavy (non-hydrogen) atoms. The second-order valence-corrected chi connectivity index (χ2v) is 4.83. The van der Waals surface area contributed by atoms with Gasteiger partial charge < -0.3 is 0 Å². The monoisotopic (exact) mass is 228 g/mol. The Morgan fingerprint density at radius 3 is 0.500 bits per heavy atom. The van der Waals surface area contributed by atoms with Crippen LogP contribution in [0.1, 0.15) is 105 Å². The van der Waals surface area contributed by atoms with Gasteiger partial charge in [0.2, 0.25) is 0 Å². The van der Waals surface area contributed by atoms with Gasteiger partial charge in [-0.15, -0.1) is 0 Å². The van der Waals surface area contributed by atoms with Crippen LogP contribution >= 0.6 is 0 Å². The summed E-state index contributed by atoms with van der Waals surface area (Å²) in [5.74, 6) is 0. The van der Waals surface area contributed by atoms with Gasteiger partial charge in [-0.05, 0) is 0 Å². The third-order valence-corrected chi connectivity index (χ3v) is 3.00. The fourth-order valence-electron chi connectivity index (χ4n) is 0.500. The van der Waals surface area contributed by atoms with Crippen molar-refractivity contribution in [3.8, 4) is 0 Å². The van der Waals surface area contributed by atoms with E-state index in [0.29, 0.717) is 0 Å². The minimum atomic E-state index is 1.32. The molecule has 0 nitrogen and oxygen atoms in total. The van der Waals surface area contributed by atoms with Gasteiger partial charge in [-0.25, -0.2) is 0 Å². The summed E-state index contributed by atoms with van der Waals surface area (Å²) in [7, 11) is 0. The van der Waals surface area contributed by atoms with Crippen molar-refractivity contribution in [2.45, 2.75) is 105 Å². The number of hydrogen-bond acceptors (Lipinski definition) is 0. The van der Waals surface area contributed by atoms with Crippen molar-refractivity contribution >= 4 is 0 Å². The first kappa shape index (κ1) is 18.4. The molecule has 0 spiro atoms. The first-order valence-electron chi connectivity index (χ1n) is 7.83. The molecule has 0 amide bonds. The van der Waals surface area contributed by atoms with E-state index in [9.17, 15) is 0 Å². The van der Waals surface area contributed by atoms with Gasteiger partial charge in [0, 0.05) is 0 Å². The van der Waals surface area contributed by atoms with Crippen LogP contribution in [0.5, 0.6) is 0 Å². The quantitative estimate of drug-likeness (QED) is 0.491. The zero-order valence-corrected chi connectivity index (χ0v) is 12.5. The van der Waals surface area contributed by atoms with Gasteiger partial charge in [0.25, 0.3) is 0 Å². The maximum absolute atomic E-state index is 2.18. The van der Waals surface area contributed by atoms with Gasteiger partial charge in [0.1, 0.15) is 0 Å². The Kier molecular flexibility index (Phi) is 23.4. The molecule has 2 saturated carbocycles. The molecule has 0 unspecified atom stereocenters. The van der Waals surface area contributed by atoms with Crippen LogP contribution in [0, 0.1) is 0 Å². The fraction of sp³-hybridized carbons (Fsp3) is 1.00. The van der Waals surface area contributed by atoms with Crippen molar-refractivity contribution in [3.63, 3.8) is 0 Å². The molecule has 2 aliphatic rings. The van der Waals surface area contributed by atoms with Crippen LogP contribution in [-0.4, -0.2) is 0 Å². The predicted molar refractivity (Wildman–Crippen MR) is 78.1 cm³/mol. The first-order chi connectivity index (χ1) is 7.83. The van der Waals surface area contributed by atoms with Crippen LogP contribution in [0.25, 0.3) is 0 Å². The molecule has 0 aromatic carbocycles. The summed E-state index contributed by atoms with van der Waals surface area (Å²) in [5.41, 5.74) is 0. The number of hydrogen-bond donors (Lipinski definition) is 0. The lowest BCUT2D eigenvalue weighted by Gasteiger charge is -2.05. The molecule has 0 radical (unpaired) electrons. The Balaban J connectivity index is 0. The highest BCUT2D eigenvalue weighted by Crippen LogP contribution is 2.15. The minimum absolute atomic E-state index is 1.32. The predicted octanol–water partition coefficient (Wildman–Crippen LogP) is 6.73. The van der Waals surface area contributed by atoms with Gasteiger partial charge >= 0.3 is 0 Å². The van der Waals surface area contributed by atoms with Crippen molar-refractivity contribution < 1.29 is 0 Å².